The van der Waals surface area contributed by atoms with Gasteiger partial charge in [0.2, 0.25) is 0 Å². The van der Waals surface area contributed by atoms with Crippen LogP contribution in [0.15, 0.2) is 61.2 Å². The first-order chi connectivity index (χ1) is 14.8. The maximum absolute atomic E-state index is 10.5. The van der Waals surface area contributed by atoms with E-state index in [0.717, 1.165) is 27.9 Å². The number of phenols is 2. The third-order valence-electron chi connectivity index (χ3n) is 5.49. The number of phenolic OH excluding ortho intramolecular Hbond substituents is 2. The molecular weight excluding hydrogens is 404 g/mol. The van der Waals surface area contributed by atoms with E-state index in [2.05, 4.69) is 50.0 Å². The number of aromatic hydroxyl groups is 2. The molecule has 0 atom stereocenters. The van der Waals surface area contributed by atoms with Gasteiger partial charge in [0, 0.05) is 24.4 Å². The molecule has 0 spiro atoms. The van der Waals surface area contributed by atoms with Crippen molar-refractivity contribution in [1.29, 1.82) is 0 Å². The van der Waals surface area contributed by atoms with E-state index >= 15 is 0 Å². The molecule has 3 aromatic rings. The zero-order valence-corrected chi connectivity index (χ0v) is 19.2. The molecule has 0 heterocycles. The molecule has 0 saturated carbocycles. The molecule has 5 heteroatoms. The summed E-state index contributed by atoms with van der Waals surface area (Å²) in [4.78, 5) is 1.81. The Morgan fingerprint density at radius 2 is 1.65 bits per heavy atom. The minimum atomic E-state index is -0.0464. The molecule has 0 saturated heterocycles. The number of thiocarbonyl (C=S) groups is 1. The lowest BCUT2D eigenvalue weighted by atomic mass is 9.95. The zero-order valence-electron chi connectivity index (χ0n) is 18.4. The Hall–Kier alpha value is -3.31. The summed E-state index contributed by atoms with van der Waals surface area (Å²) in [7, 11) is 1.76. The van der Waals surface area contributed by atoms with Crippen LogP contribution >= 0.6 is 12.2 Å². The Bertz CT molecular complexity index is 1150. The summed E-state index contributed by atoms with van der Waals surface area (Å²) in [6, 6.07) is 17.5. The molecule has 0 aromatic heterocycles. The number of nitrogens with zero attached hydrogens (tertiary/aromatic N) is 1. The van der Waals surface area contributed by atoms with Gasteiger partial charge in [-0.05, 0) is 78.5 Å². The second-order valence-corrected chi connectivity index (χ2v) is 7.89. The molecular formula is C26H28N2O2S. The summed E-state index contributed by atoms with van der Waals surface area (Å²) >= 11 is 5.61. The highest BCUT2D eigenvalue weighted by Gasteiger charge is 2.21. The van der Waals surface area contributed by atoms with E-state index < -0.39 is 0 Å². The van der Waals surface area contributed by atoms with Crippen molar-refractivity contribution in [1.82, 2.24) is 5.32 Å². The summed E-state index contributed by atoms with van der Waals surface area (Å²) < 4.78 is 0. The molecule has 3 rings (SSSR count). The van der Waals surface area contributed by atoms with Crippen molar-refractivity contribution in [2.45, 2.75) is 27.2 Å². The molecule has 0 aliphatic rings. The summed E-state index contributed by atoms with van der Waals surface area (Å²) in [5.41, 5.74) is 7.21. The lowest BCUT2D eigenvalue weighted by Crippen LogP contribution is -2.36. The first-order valence-corrected chi connectivity index (χ1v) is 10.6. The summed E-state index contributed by atoms with van der Waals surface area (Å²) in [6.07, 6.45) is 0.630. The molecule has 31 heavy (non-hydrogen) atoms. The van der Waals surface area contributed by atoms with Crippen LogP contribution in [0.3, 0.4) is 0 Å². The van der Waals surface area contributed by atoms with Crippen LogP contribution < -0.4 is 10.2 Å². The number of nitrogens with one attached hydrogen (secondary N) is 1. The molecule has 0 aliphatic carbocycles. The van der Waals surface area contributed by atoms with E-state index in [9.17, 15) is 10.2 Å². The second kappa shape index (κ2) is 9.23. The quantitative estimate of drug-likeness (QED) is 0.437. The molecule has 3 N–H and O–H groups in total. The van der Waals surface area contributed by atoms with E-state index in [-0.39, 0.29) is 11.5 Å². The number of benzene rings is 3. The van der Waals surface area contributed by atoms with Crippen LogP contribution in [0, 0.1) is 13.8 Å². The highest BCUT2D eigenvalue weighted by molar-refractivity contribution is 7.80. The van der Waals surface area contributed by atoms with Crippen molar-refractivity contribution in [3.8, 4) is 22.6 Å². The fourth-order valence-corrected chi connectivity index (χ4v) is 3.89. The van der Waals surface area contributed by atoms with Gasteiger partial charge in [-0.2, -0.15) is 0 Å². The molecule has 0 radical (unpaired) electrons. The van der Waals surface area contributed by atoms with Crippen LogP contribution in [-0.2, 0) is 6.42 Å². The fraction of sp³-hybridized carbons (Fsp3) is 0.192. The molecule has 0 bridgehead atoms. The first-order valence-electron chi connectivity index (χ1n) is 10.2. The predicted molar refractivity (Wildman–Crippen MR) is 134 cm³/mol. The average molecular weight is 433 g/mol. The monoisotopic (exact) mass is 432 g/mol. The van der Waals surface area contributed by atoms with Crippen LogP contribution in [0.5, 0.6) is 11.5 Å². The maximum atomic E-state index is 10.5. The Morgan fingerprint density at radius 3 is 2.29 bits per heavy atom. The molecule has 0 aliphatic heterocycles. The fourth-order valence-electron chi connectivity index (χ4n) is 3.68. The molecule has 3 aromatic carbocycles. The van der Waals surface area contributed by atoms with Crippen LogP contribution in [0.1, 0.15) is 29.2 Å². The largest absolute Gasteiger partial charge is 0.508 e. The van der Waals surface area contributed by atoms with Gasteiger partial charge in [0.1, 0.15) is 11.5 Å². The van der Waals surface area contributed by atoms with Crippen LogP contribution in [0.2, 0.25) is 0 Å². The number of rotatable bonds is 5. The van der Waals surface area contributed by atoms with E-state index in [1.807, 2.05) is 30.0 Å². The van der Waals surface area contributed by atoms with Gasteiger partial charge >= 0.3 is 0 Å². The van der Waals surface area contributed by atoms with Gasteiger partial charge in [-0.25, -0.2) is 0 Å². The van der Waals surface area contributed by atoms with E-state index in [1.54, 1.807) is 13.1 Å². The number of hydrogen-bond acceptors (Lipinski definition) is 3. The second-order valence-electron chi connectivity index (χ2n) is 7.50. The Balaban J connectivity index is 2.15. The SMILES string of the molecule is C=C(c1cc(CC)c(O)cc1O)N(C(=S)NC)c1ccc(C)c(-c2ccccc2C)c1. The highest BCUT2D eigenvalue weighted by Crippen LogP contribution is 2.37. The Kier molecular flexibility index (Phi) is 6.66. The van der Waals surface area contributed by atoms with Crippen molar-refractivity contribution < 1.29 is 10.2 Å². The van der Waals surface area contributed by atoms with Gasteiger partial charge in [0.15, 0.2) is 5.11 Å². The van der Waals surface area contributed by atoms with Crippen molar-refractivity contribution >= 4 is 28.7 Å². The predicted octanol–water partition coefficient (Wildman–Crippen LogP) is 5.93. The third kappa shape index (κ3) is 4.42. The summed E-state index contributed by atoms with van der Waals surface area (Å²) in [6.45, 7) is 10.4. The van der Waals surface area contributed by atoms with Gasteiger partial charge in [0.05, 0.1) is 5.70 Å². The van der Waals surface area contributed by atoms with Gasteiger partial charge in [-0.15, -0.1) is 0 Å². The van der Waals surface area contributed by atoms with Crippen LogP contribution in [0.25, 0.3) is 16.8 Å². The summed E-state index contributed by atoms with van der Waals surface area (Å²) in [5.74, 6) is 0.0197. The third-order valence-corrected chi connectivity index (χ3v) is 5.88. The van der Waals surface area contributed by atoms with Crippen molar-refractivity contribution in [2.75, 3.05) is 11.9 Å². The van der Waals surface area contributed by atoms with Crippen molar-refractivity contribution in [2.24, 2.45) is 0 Å². The van der Waals surface area contributed by atoms with Gasteiger partial charge in [-0.1, -0.05) is 43.8 Å². The van der Waals surface area contributed by atoms with E-state index in [0.29, 0.717) is 22.8 Å². The number of hydrogen-bond donors (Lipinski definition) is 3. The van der Waals surface area contributed by atoms with E-state index in [4.69, 9.17) is 12.2 Å². The average Bonchev–Trinajstić information content (AvgIpc) is 2.75. The van der Waals surface area contributed by atoms with Crippen LogP contribution in [0.4, 0.5) is 5.69 Å². The minimum absolute atomic E-state index is 0.0464. The Labute approximate surface area is 189 Å². The number of anilines is 1. The standard InChI is InChI=1S/C26H28N2O2S/c1-6-19-13-23(25(30)15-24(19)29)18(4)28(26(31)27-5)20-12-11-17(3)22(14-20)21-10-8-7-9-16(21)2/h7-15,29-30H,4,6H2,1-3,5H3,(H,27,31). The minimum Gasteiger partial charge on any atom is -0.508 e. The van der Waals surface area contributed by atoms with Gasteiger partial charge in [0.25, 0.3) is 0 Å². The molecule has 0 unspecified atom stereocenters. The highest BCUT2D eigenvalue weighted by atomic mass is 32.1. The molecule has 4 nitrogen and oxygen atoms in total. The number of aryl methyl sites for hydroxylation is 3. The van der Waals surface area contributed by atoms with Crippen LogP contribution in [-0.4, -0.2) is 22.4 Å². The topological polar surface area (TPSA) is 55.7 Å². The van der Waals surface area contributed by atoms with Crippen molar-refractivity contribution in [3.63, 3.8) is 0 Å². The lowest BCUT2D eigenvalue weighted by molar-refractivity contribution is 0.445. The first kappa shape index (κ1) is 22.4. The van der Waals surface area contributed by atoms with Gasteiger partial charge < -0.3 is 15.5 Å². The smallest absolute Gasteiger partial charge is 0.177 e. The summed E-state index contributed by atoms with van der Waals surface area (Å²) in [5, 5.41) is 24.1. The molecule has 160 valence electrons. The van der Waals surface area contributed by atoms with Gasteiger partial charge in [-0.3, -0.25) is 4.90 Å². The molecule has 0 amide bonds. The Morgan fingerprint density at radius 1 is 0.968 bits per heavy atom. The lowest BCUT2D eigenvalue weighted by Gasteiger charge is -2.28. The van der Waals surface area contributed by atoms with E-state index in [1.165, 1.54) is 11.6 Å². The zero-order chi connectivity index (χ0) is 22.7. The normalized spacial score (nSPS) is 10.6. The molecule has 0 fully saturated rings. The maximum Gasteiger partial charge on any atom is 0.177 e. The van der Waals surface area contributed by atoms with Crippen molar-refractivity contribution in [3.05, 3.63) is 83.4 Å².